The van der Waals surface area contributed by atoms with Gasteiger partial charge in [0.25, 0.3) is 0 Å². The molecule has 16 heteroatoms. The van der Waals surface area contributed by atoms with E-state index in [9.17, 15) is 45.3 Å². The van der Waals surface area contributed by atoms with Crippen molar-refractivity contribution in [3.63, 3.8) is 0 Å². The highest BCUT2D eigenvalue weighted by Crippen LogP contribution is 2.32. The van der Waals surface area contributed by atoms with Crippen LogP contribution in [0.3, 0.4) is 0 Å². The van der Waals surface area contributed by atoms with Crippen molar-refractivity contribution in [2.24, 2.45) is 0 Å². The lowest BCUT2D eigenvalue weighted by atomic mass is 9.94. The van der Waals surface area contributed by atoms with Crippen molar-refractivity contribution in [3.05, 3.63) is 0 Å². The minimum absolute atomic E-state index is 0.552. The molecule has 3 saturated heterocycles. The van der Waals surface area contributed by atoms with Crippen molar-refractivity contribution in [1.82, 2.24) is 10.6 Å². The monoisotopic (exact) mass is 554 g/mol. The average Bonchev–Trinajstić information content (AvgIpc) is 2.84. The van der Waals surface area contributed by atoms with Gasteiger partial charge in [0.05, 0.1) is 18.8 Å². The Kier molecular flexibility index (Phi) is 10.4. The van der Waals surface area contributed by atoms with Crippen LogP contribution in [-0.2, 0) is 33.3 Å². The number of amides is 2. The summed E-state index contributed by atoms with van der Waals surface area (Å²) in [4.78, 5) is 23.8. The summed E-state index contributed by atoms with van der Waals surface area (Å²) in [5.74, 6) is -1.15. The van der Waals surface area contributed by atoms with Crippen LogP contribution in [0.2, 0.25) is 0 Å². The number of hydrogen-bond acceptors (Lipinski definition) is 14. The first-order valence-electron chi connectivity index (χ1n) is 12.3. The molecule has 9 N–H and O–H groups in total. The second-order valence-corrected chi connectivity index (χ2v) is 9.77. The van der Waals surface area contributed by atoms with Gasteiger partial charge in [0, 0.05) is 13.8 Å². The Balaban J connectivity index is 1.90. The Labute approximate surface area is 218 Å². The molecule has 2 amide bonds. The van der Waals surface area contributed by atoms with Gasteiger partial charge in [0.2, 0.25) is 11.8 Å². The summed E-state index contributed by atoms with van der Waals surface area (Å²) in [6.45, 7) is 4.57. The first-order chi connectivity index (χ1) is 17.8. The smallest absolute Gasteiger partial charge is 0.217 e. The topological polar surface area (TPSA) is 246 Å². The van der Waals surface area contributed by atoms with Gasteiger partial charge in [-0.15, -0.1) is 0 Å². The van der Waals surface area contributed by atoms with Crippen LogP contribution in [0.1, 0.15) is 27.7 Å². The first-order valence-corrected chi connectivity index (χ1v) is 12.3. The molecule has 0 aliphatic carbocycles. The Morgan fingerprint density at radius 1 is 0.684 bits per heavy atom. The lowest BCUT2D eigenvalue weighted by Gasteiger charge is -2.49. The van der Waals surface area contributed by atoms with Crippen LogP contribution in [0.15, 0.2) is 0 Å². The summed E-state index contributed by atoms with van der Waals surface area (Å²) >= 11 is 0. The Morgan fingerprint density at radius 2 is 1.18 bits per heavy atom. The molecule has 0 bridgehead atoms. The summed E-state index contributed by atoms with van der Waals surface area (Å²) in [5, 5.41) is 77.1. The standard InChI is InChI=1S/C22H38N2O14/c1-6-13(28)18(11(20(33)34-6)23-8(3)26)37-21-12(24-9(4)27)19(14(29)7(2)35-21)38-22-17(32)16(31)15(30)10(5-25)36-22/h6-7,10-22,25,28-33H,5H2,1-4H3,(H,23,26)(H,24,27)/t6-,7+,10-,11-,12+,13+,14-,15-,16+,17-,18-,19+,20-,21+,22+/m1/s1. The number of hydrogen-bond donors (Lipinski definition) is 9. The molecular weight excluding hydrogens is 516 g/mol. The third-order valence-electron chi connectivity index (χ3n) is 6.82. The fourth-order valence-corrected chi connectivity index (χ4v) is 4.75. The second-order valence-electron chi connectivity index (χ2n) is 9.77. The van der Waals surface area contributed by atoms with E-state index in [0.717, 1.165) is 0 Å². The van der Waals surface area contributed by atoms with E-state index in [1.54, 1.807) is 0 Å². The molecule has 220 valence electrons. The van der Waals surface area contributed by atoms with Gasteiger partial charge in [0.1, 0.15) is 60.9 Å². The summed E-state index contributed by atoms with van der Waals surface area (Å²) in [6, 6.07) is -2.56. The van der Waals surface area contributed by atoms with E-state index < -0.39 is 110 Å². The van der Waals surface area contributed by atoms with Crippen molar-refractivity contribution in [3.8, 4) is 0 Å². The highest BCUT2D eigenvalue weighted by Gasteiger charge is 2.53. The van der Waals surface area contributed by atoms with E-state index in [-0.39, 0.29) is 0 Å². The molecule has 3 aliphatic rings. The maximum absolute atomic E-state index is 12.1. The molecule has 0 aromatic rings. The highest BCUT2D eigenvalue weighted by molar-refractivity contribution is 5.73. The van der Waals surface area contributed by atoms with Crippen LogP contribution < -0.4 is 10.6 Å². The minimum Gasteiger partial charge on any atom is -0.394 e. The van der Waals surface area contributed by atoms with Crippen LogP contribution in [0.4, 0.5) is 0 Å². The number of aliphatic hydroxyl groups excluding tert-OH is 7. The van der Waals surface area contributed by atoms with Crippen LogP contribution in [0.25, 0.3) is 0 Å². The number of carbonyl (C=O) groups excluding carboxylic acids is 2. The molecule has 0 radical (unpaired) electrons. The van der Waals surface area contributed by atoms with Gasteiger partial charge in [-0.05, 0) is 13.8 Å². The number of rotatable bonds is 7. The van der Waals surface area contributed by atoms with Gasteiger partial charge in [-0.2, -0.15) is 0 Å². The highest BCUT2D eigenvalue weighted by atomic mass is 16.7. The Bertz CT molecular complexity index is 819. The lowest BCUT2D eigenvalue weighted by Crippen LogP contribution is -2.70. The summed E-state index contributed by atoms with van der Waals surface area (Å²) in [5.41, 5.74) is 0. The molecule has 3 aliphatic heterocycles. The van der Waals surface area contributed by atoms with E-state index in [1.807, 2.05) is 0 Å². The third-order valence-corrected chi connectivity index (χ3v) is 6.82. The van der Waals surface area contributed by atoms with E-state index >= 15 is 0 Å². The molecule has 16 nitrogen and oxygen atoms in total. The predicted octanol–water partition coefficient (Wildman–Crippen LogP) is -5.23. The molecule has 3 rings (SSSR count). The molecule has 0 spiro atoms. The van der Waals surface area contributed by atoms with Crippen molar-refractivity contribution in [2.45, 2.75) is 120 Å². The molecule has 0 aromatic heterocycles. The van der Waals surface area contributed by atoms with Gasteiger partial charge < -0.3 is 70.1 Å². The molecule has 15 atom stereocenters. The van der Waals surface area contributed by atoms with Gasteiger partial charge in [-0.25, -0.2) is 0 Å². The number of ether oxygens (including phenoxy) is 5. The zero-order chi connectivity index (χ0) is 28.5. The molecule has 38 heavy (non-hydrogen) atoms. The van der Waals surface area contributed by atoms with Crippen LogP contribution in [0, 0.1) is 0 Å². The zero-order valence-corrected chi connectivity index (χ0v) is 21.4. The van der Waals surface area contributed by atoms with E-state index in [1.165, 1.54) is 27.7 Å². The second kappa shape index (κ2) is 12.8. The summed E-state index contributed by atoms with van der Waals surface area (Å²) in [7, 11) is 0. The molecular formula is C22H38N2O14. The van der Waals surface area contributed by atoms with Crippen molar-refractivity contribution < 1.29 is 69.0 Å². The SMILES string of the molecule is CC(=O)N[C@@H]1[C@H](O[C@H]2[C@@H](O)[C@@H](C)O[C@@H](O)[C@@H]2NC(C)=O)O[C@@H](C)[C@@H](O)[C@H]1O[C@@H]1O[C@H](CO)[C@@H](O)[C@H](O)[C@H]1O. The average molecular weight is 555 g/mol. The Morgan fingerprint density at radius 3 is 1.74 bits per heavy atom. The quantitative estimate of drug-likeness (QED) is 0.143. The predicted molar refractivity (Wildman–Crippen MR) is 122 cm³/mol. The van der Waals surface area contributed by atoms with Crippen LogP contribution in [-0.4, -0.2) is 146 Å². The Hall–Kier alpha value is -1.54. The molecule has 0 unspecified atom stereocenters. The van der Waals surface area contributed by atoms with Crippen molar-refractivity contribution >= 4 is 11.8 Å². The van der Waals surface area contributed by atoms with Gasteiger partial charge in [0.15, 0.2) is 18.9 Å². The first kappa shape index (κ1) is 31.0. The van der Waals surface area contributed by atoms with Crippen molar-refractivity contribution in [2.75, 3.05) is 6.61 Å². The van der Waals surface area contributed by atoms with Crippen LogP contribution in [0.5, 0.6) is 0 Å². The maximum Gasteiger partial charge on any atom is 0.217 e. The van der Waals surface area contributed by atoms with Gasteiger partial charge in [-0.1, -0.05) is 0 Å². The van der Waals surface area contributed by atoms with Crippen LogP contribution >= 0.6 is 0 Å². The van der Waals surface area contributed by atoms with E-state index in [2.05, 4.69) is 10.6 Å². The normalized spacial score (nSPS) is 47.8. The molecule has 3 fully saturated rings. The molecule has 3 heterocycles. The minimum atomic E-state index is -1.80. The van der Waals surface area contributed by atoms with E-state index in [4.69, 9.17) is 23.7 Å². The number of carbonyl (C=O) groups is 2. The number of nitrogens with one attached hydrogen (secondary N) is 2. The van der Waals surface area contributed by atoms with Gasteiger partial charge >= 0.3 is 0 Å². The molecule has 0 aromatic carbocycles. The van der Waals surface area contributed by atoms with Gasteiger partial charge in [-0.3, -0.25) is 9.59 Å². The summed E-state index contributed by atoms with van der Waals surface area (Å²) in [6.07, 6.45) is -18.6. The number of aliphatic hydroxyl groups is 7. The third kappa shape index (κ3) is 6.60. The lowest BCUT2D eigenvalue weighted by molar-refractivity contribution is -0.353. The largest absolute Gasteiger partial charge is 0.394 e. The van der Waals surface area contributed by atoms with Crippen molar-refractivity contribution in [1.29, 1.82) is 0 Å². The summed E-state index contributed by atoms with van der Waals surface area (Å²) < 4.78 is 28.2. The fourth-order valence-electron chi connectivity index (χ4n) is 4.75. The fraction of sp³-hybridized carbons (Fsp3) is 0.909. The zero-order valence-electron chi connectivity index (χ0n) is 21.4. The molecule has 0 saturated carbocycles. The van der Waals surface area contributed by atoms with E-state index in [0.29, 0.717) is 0 Å². The maximum atomic E-state index is 12.1.